The van der Waals surface area contributed by atoms with E-state index < -0.39 is 0 Å². The fourth-order valence-electron chi connectivity index (χ4n) is 2.42. The topological polar surface area (TPSA) is 59.0 Å². The number of nitrogens with one attached hydrogen (secondary N) is 2. The molecule has 1 aliphatic rings. The average molecular weight is 307 g/mol. The number of anilines is 1. The van der Waals surface area contributed by atoms with Gasteiger partial charge in [0.15, 0.2) is 0 Å². The normalized spacial score (nSPS) is 17.8. The average Bonchev–Trinajstić information content (AvgIpc) is 3.03. The number of benzene rings is 1. The second-order valence-electron chi connectivity index (χ2n) is 4.99. The largest absolute Gasteiger partial charge is 0.325 e. The van der Waals surface area contributed by atoms with Crippen LogP contribution < -0.4 is 10.6 Å². The predicted molar refractivity (Wildman–Crippen MR) is 85.1 cm³/mol. The Morgan fingerprint density at radius 1 is 1.29 bits per heavy atom. The molecule has 1 amide bonds. The summed E-state index contributed by atoms with van der Waals surface area (Å²) in [7, 11) is 0. The fraction of sp³-hybridized carbons (Fsp3) is 0.333. The van der Waals surface area contributed by atoms with E-state index in [1.807, 2.05) is 36.5 Å². The van der Waals surface area contributed by atoms with Gasteiger partial charge in [0, 0.05) is 18.1 Å². The van der Waals surface area contributed by atoms with Crippen molar-refractivity contribution in [2.45, 2.75) is 25.3 Å². The van der Waals surface area contributed by atoms with Crippen LogP contribution in [0.25, 0.3) is 5.69 Å². The Balaban J connectivity index is 0.00000161. The highest BCUT2D eigenvalue weighted by Crippen LogP contribution is 2.14. The molecular weight excluding hydrogens is 288 g/mol. The fourth-order valence-corrected chi connectivity index (χ4v) is 2.42. The number of halogens is 1. The molecule has 5 nitrogen and oxygen atoms in total. The molecule has 1 saturated heterocycles. The highest BCUT2D eigenvalue weighted by Gasteiger charge is 2.20. The summed E-state index contributed by atoms with van der Waals surface area (Å²) in [6.07, 6.45) is 6.81. The third-order valence-corrected chi connectivity index (χ3v) is 3.53. The number of aromatic nitrogens is 2. The molecule has 1 aliphatic heterocycles. The number of carbonyl (C=O) groups excluding carboxylic acids is 1. The zero-order valence-corrected chi connectivity index (χ0v) is 12.5. The molecule has 6 heteroatoms. The highest BCUT2D eigenvalue weighted by molar-refractivity contribution is 5.94. The predicted octanol–water partition coefficient (Wildman–Crippen LogP) is 2.37. The van der Waals surface area contributed by atoms with Crippen molar-refractivity contribution >= 4 is 24.0 Å². The Kier molecular flexibility index (Phi) is 5.36. The standard InChI is InChI=1S/C15H18N4O.ClH/c20-15(14-4-1-2-9-16-14)18-12-5-7-13(8-6-12)19-11-3-10-17-19;/h3,5-8,10-11,14,16H,1-2,4,9H2,(H,18,20);1H/t14-;/m0./s1. The Hall–Kier alpha value is -1.85. The number of hydrogen-bond donors (Lipinski definition) is 2. The summed E-state index contributed by atoms with van der Waals surface area (Å²) in [5.74, 6) is 0.0524. The molecule has 0 spiro atoms. The molecule has 3 rings (SSSR count). The van der Waals surface area contributed by atoms with Gasteiger partial charge < -0.3 is 10.6 Å². The Morgan fingerprint density at radius 2 is 2.10 bits per heavy atom. The molecule has 2 heterocycles. The van der Waals surface area contributed by atoms with Crippen molar-refractivity contribution in [2.24, 2.45) is 0 Å². The summed E-state index contributed by atoms with van der Waals surface area (Å²) in [6, 6.07) is 9.50. The Morgan fingerprint density at radius 3 is 2.71 bits per heavy atom. The maximum atomic E-state index is 12.1. The Bertz CT molecular complexity index is 562. The number of piperidine rings is 1. The van der Waals surface area contributed by atoms with Crippen LogP contribution in [0.1, 0.15) is 19.3 Å². The zero-order valence-electron chi connectivity index (χ0n) is 11.7. The van der Waals surface area contributed by atoms with Crippen molar-refractivity contribution in [2.75, 3.05) is 11.9 Å². The molecule has 1 fully saturated rings. The first-order valence-electron chi connectivity index (χ1n) is 6.97. The lowest BCUT2D eigenvalue weighted by molar-refractivity contribution is -0.118. The minimum atomic E-state index is -0.0606. The summed E-state index contributed by atoms with van der Waals surface area (Å²) >= 11 is 0. The van der Waals surface area contributed by atoms with E-state index in [9.17, 15) is 4.79 Å². The van der Waals surface area contributed by atoms with Gasteiger partial charge in [-0.05, 0) is 49.7 Å². The van der Waals surface area contributed by atoms with Crippen molar-refractivity contribution < 1.29 is 4.79 Å². The molecule has 1 atom stereocenters. The number of nitrogens with zero attached hydrogens (tertiary/aromatic N) is 2. The van der Waals surface area contributed by atoms with E-state index in [1.165, 1.54) is 0 Å². The SMILES string of the molecule is Cl.O=C(Nc1ccc(-n2cccn2)cc1)[C@@H]1CCCCN1. The first-order valence-corrected chi connectivity index (χ1v) is 6.97. The lowest BCUT2D eigenvalue weighted by atomic mass is 10.0. The van der Waals surface area contributed by atoms with E-state index in [0.717, 1.165) is 37.2 Å². The van der Waals surface area contributed by atoms with Crippen LogP contribution >= 0.6 is 12.4 Å². The summed E-state index contributed by atoms with van der Waals surface area (Å²) < 4.78 is 1.79. The zero-order chi connectivity index (χ0) is 13.8. The van der Waals surface area contributed by atoms with Gasteiger partial charge in [-0.25, -0.2) is 4.68 Å². The van der Waals surface area contributed by atoms with E-state index in [2.05, 4.69) is 15.7 Å². The van der Waals surface area contributed by atoms with Gasteiger partial charge >= 0.3 is 0 Å². The van der Waals surface area contributed by atoms with Crippen LogP contribution in [0.4, 0.5) is 5.69 Å². The van der Waals surface area contributed by atoms with Gasteiger partial charge in [0.25, 0.3) is 0 Å². The summed E-state index contributed by atoms with van der Waals surface area (Å²) in [5, 5.41) is 10.4. The van der Waals surface area contributed by atoms with Gasteiger partial charge in [0.1, 0.15) is 0 Å². The first-order chi connectivity index (χ1) is 9.83. The van der Waals surface area contributed by atoms with E-state index >= 15 is 0 Å². The van der Waals surface area contributed by atoms with Crippen LogP contribution in [0, 0.1) is 0 Å². The molecule has 2 N–H and O–H groups in total. The number of amides is 1. The lowest BCUT2D eigenvalue weighted by Gasteiger charge is -2.22. The molecule has 0 unspecified atom stereocenters. The van der Waals surface area contributed by atoms with Gasteiger partial charge in [-0.2, -0.15) is 5.10 Å². The van der Waals surface area contributed by atoms with Crippen LogP contribution in [0.3, 0.4) is 0 Å². The lowest BCUT2D eigenvalue weighted by Crippen LogP contribution is -2.43. The smallest absolute Gasteiger partial charge is 0.241 e. The molecular formula is C15H19ClN4O. The molecule has 21 heavy (non-hydrogen) atoms. The van der Waals surface area contributed by atoms with Crippen LogP contribution in [0.5, 0.6) is 0 Å². The molecule has 1 aromatic carbocycles. The number of hydrogen-bond acceptors (Lipinski definition) is 3. The Labute approximate surface area is 130 Å². The highest BCUT2D eigenvalue weighted by atomic mass is 35.5. The quantitative estimate of drug-likeness (QED) is 0.915. The van der Waals surface area contributed by atoms with E-state index in [-0.39, 0.29) is 24.4 Å². The molecule has 1 aromatic heterocycles. The van der Waals surface area contributed by atoms with Gasteiger partial charge in [-0.15, -0.1) is 12.4 Å². The molecule has 2 aromatic rings. The van der Waals surface area contributed by atoms with Crippen LogP contribution in [0.2, 0.25) is 0 Å². The van der Waals surface area contributed by atoms with Crippen molar-refractivity contribution in [3.05, 3.63) is 42.7 Å². The molecule has 0 bridgehead atoms. The van der Waals surface area contributed by atoms with Gasteiger partial charge in [0.05, 0.1) is 11.7 Å². The number of carbonyl (C=O) groups is 1. The summed E-state index contributed by atoms with van der Waals surface area (Å²) in [6.45, 7) is 0.927. The van der Waals surface area contributed by atoms with E-state index in [0.29, 0.717) is 0 Å². The van der Waals surface area contributed by atoms with E-state index in [4.69, 9.17) is 0 Å². The monoisotopic (exact) mass is 306 g/mol. The molecule has 112 valence electrons. The minimum absolute atomic E-state index is 0. The van der Waals surface area contributed by atoms with Gasteiger partial charge in [-0.3, -0.25) is 4.79 Å². The molecule has 0 saturated carbocycles. The first kappa shape index (κ1) is 15.5. The molecule has 0 aliphatic carbocycles. The second kappa shape index (κ2) is 7.24. The maximum absolute atomic E-state index is 12.1. The summed E-state index contributed by atoms with van der Waals surface area (Å²) in [5.41, 5.74) is 1.79. The minimum Gasteiger partial charge on any atom is -0.325 e. The van der Waals surface area contributed by atoms with Crippen LogP contribution in [-0.2, 0) is 4.79 Å². The van der Waals surface area contributed by atoms with Crippen molar-refractivity contribution in [1.82, 2.24) is 15.1 Å². The maximum Gasteiger partial charge on any atom is 0.241 e. The van der Waals surface area contributed by atoms with Crippen molar-refractivity contribution in [3.8, 4) is 5.69 Å². The van der Waals surface area contributed by atoms with Gasteiger partial charge in [0.2, 0.25) is 5.91 Å². The summed E-state index contributed by atoms with van der Waals surface area (Å²) in [4.78, 5) is 12.1. The van der Waals surface area contributed by atoms with Crippen LogP contribution in [0.15, 0.2) is 42.7 Å². The van der Waals surface area contributed by atoms with Crippen molar-refractivity contribution in [1.29, 1.82) is 0 Å². The molecule has 0 radical (unpaired) electrons. The van der Waals surface area contributed by atoms with Crippen molar-refractivity contribution in [3.63, 3.8) is 0 Å². The number of rotatable bonds is 3. The third kappa shape index (κ3) is 3.83. The van der Waals surface area contributed by atoms with Crippen LogP contribution in [-0.4, -0.2) is 28.3 Å². The van der Waals surface area contributed by atoms with Gasteiger partial charge in [-0.1, -0.05) is 6.42 Å². The third-order valence-electron chi connectivity index (χ3n) is 3.53. The van der Waals surface area contributed by atoms with E-state index in [1.54, 1.807) is 10.9 Å². The second-order valence-corrected chi connectivity index (χ2v) is 4.99.